The Morgan fingerprint density at radius 1 is 1.22 bits per heavy atom. The second-order valence-corrected chi connectivity index (χ2v) is 5.45. The second kappa shape index (κ2) is 5.74. The summed E-state index contributed by atoms with van der Waals surface area (Å²) in [4.78, 5) is 4.36. The van der Waals surface area contributed by atoms with Gasteiger partial charge >= 0.3 is 0 Å². The van der Waals surface area contributed by atoms with Crippen molar-refractivity contribution in [2.45, 2.75) is 57.1 Å². The van der Waals surface area contributed by atoms with Gasteiger partial charge in [0.1, 0.15) is 0 Å². The number of anilines is 1. The lowest BCUT2D eigenvalue weighted by Crippen LogP contribution is -2.21. The number of ether oxygens (including phenoxy) is 1. The molecule has 2 saturated carbocycles. The van der Waals surface area contributed by atoms with E-state index in [4.69, 9.17) is 4.74 Å². The average molecular weight is 249 g/mol. The first-order valence-corrected chi connectivity index (χ1v) is 7.32. The summed E-state index contributed by atoms with van der Waals surface area (Å²) in [5, 5.41) is 3.38. The van der Waals surface area contributed by atoms with Gasteiger partial charge in [-0.05, 0) is 25.7 Å². The minimum atomic E-state index is 0.503. The van der Waals surface area contributed by atoms with Gasteiger partial charge in [0.15, 0.2) is 0 Å². The van der Waals surface area contributed by atoms with Crippen molar-refractivity contribution >= 4 is 5.95 Å². The van der Waals surface area contributed by atoms with Gasteiger partial charge in [0.25, 0.3) is 0 Å². The molecule has 2 fully saturated rings. The van der Waals surface area contributed by atoms with Gasteiger partial charge in [0.2, 0.25) is 5.95 Å². The molecule has 1 heterocycles. The molecule has 0 radical (unpaired) electrons. The lowest BCUT2D eigenvalue weighted by Gasteiger charge is -2.22. The molecule has 0 saturated heterocycles. The Morgan fingerprint density at radius 3 is 2.83 bits per heavy atom. The normalized spacial score (nSPS) is 21.1. The van der Waals surface area contributed by atoms with Gasteiger partial charge in [-0.1, -0.05) is 19.3 Å². The second-order valence-electron chi connectivity index (χ2n) is 5.45. The van der Waals surface area contributed by atoms with Crippen molar-refractivity contribution in [2.75, 3.05) is 18.5 Å². The van der Waals surface area contributed by atoms with Crippen molar-refractivity contribution in [3.8, 4) is 0 Å². The summed E-state index contributed by atoms with van der Waals surface area (Å²) >= 11 is 0. The molecular weight excluding hydrogens is 226 g/mol. The maximum absolute atomic E-state index is 5.90. The van der Waals surface area contributed by atoms with Crippen molar-refractivity contribution in [1.82, 2.24) is 9.55 Å². The van der Waals surface area contributed by atoms with Gasteiger partial charge in [0, 0.05) is 25.0 Å². The molecule has 1 N–H and O–H groups in total. The summed E-state index contributed by atoms with van der Waals surface area (Å²) < 4.78 is 8.15. The highest BCUT2D eigenvalue weighted by Gasteiger charge is 2.25. The van der Waals surface area contributed by atoms with Crippen LogP contribution in [0, 0.1) is 0 Å². The third kappa shape index (κ3) is 3.05. The van der Waals surface area contributed by atoms with Crippen LogP contribution < -0.4 is 5.32 Å². The third-order valence-corrected chi connectivity index (χ3v) is 3.90. The Hall–Kier alpha value is -1.03. The summed E-state index contributed by atoms with van der Waals surface area (Å²) in [5.74, 6) is 1.00. The van der Waals surface area contributed by atoms with Crippen molar-refractivity contribution in [2.24, 2.45) is 0 Å². The number of hydrogen-bond donors (Lipinski definition) is 1. The molecule has 1 aromatic rings. The third-order valence-electron chi connectivity index (χ3n) is 3.90. The smallest absolute Gasteiger partial charge is 0.203 e. The summed E-state index contributed by atoms with van der Waals surface area (Å²) in [5.41, 5.74) is 0. The van der Waals surface area contributed by atoms with E-state index in [1.807, 2.05) is 6.20 Å². The average Bonchev–Trinajstić information content (AvgIpc) is 3.16. The number of aromatic nitrogens is 2. The van der Waals surface area contributed by atoms with Crippen LogP contribution in [0.15, 0.2) is 12.4 Å². The lowest BCUT2D eigenvalue weighted by atomic mass is 9.98. The van der Waals surface area contributed by atoms with Crippen LogP contribution in [0.1, 0.15) is 51.0 Å². The van der Waals surface area contributed by atoms with Crippen LogP contribution in [-0.4, -0.2) is 28.8 Å². The van der Waals surface area contributed by atoms with Gasteiger partial charge in [-0.3, -0.25) is 0 Å². The van der Waals surface area contributed by atoms with E-state index >= 15 is 0 Å². The Labute approximate surface area is 109 Å². The van der Waals surface area contributed by atoms with Crippen LogP contribution in [0.25, 0.3) is 0 Å². The predicted octanol–water partition coefficient (Wildman–Crippen LogP) is 2.98. The van der Waals surface area contributed by atoms with Gasteiger partial charge < -0.3 is 14.6 Å². The van der Waals surface area contributed by atoms with Gasteiger partial charge in [0.05, 0.1) is 12.7 Å². The number of imidazole rings is 1. The van der Waals surface area contributed by atoms with E-state index in [2.05, 4.69) is 21.1 Å². The fourth-order valence-corrected chi connectivity index (χ4v) is 2.72. The topological polar surface area (TPSA) is 39.1 Å². The van der Waals surface area contributed by atoms with Gasteiger partial charge in [-0.2, -0.15) is 0 Å². The zero-order chi connectivity index (χ0) is 12.2. The van der Waals surface area contributed by atoms with E-state index in [1.165, 1.54) is 44.9 Å². The maximum atomic E-state index is 5.90. The van der Waals surface area contributed by atoms with E-state index in [1.54, 1.807) is 0 Å². The summed E-state index contributed by atoms with van der Waals surface area (Å²) in [6.07, 6.45) is 13.6. The molecule has 4 heteroatoms. The number of nitrogens with zero attached hydrogens (tertiary/aromatic N) is 2. The molecule has 0 aromatic carbocycles. The Morgan fingerprint density at radius 2 is 2.06 bits per heavy atom. The molecule has 0 amide bonds. The zero-order valence-electron chi connectivity index (χ0n) is 11.0. The minimum absolute atomic E-state index is 0.503. The van der Waals surface area contributed by atoms with Crippen LogP contribution in [0.5, 0.6) is 0 Å². The largest absolute Gasteiger partial charge is 0.376 e. The van der Waals surface area contributed by atoms with Crippen molar-refractivity contribution in [1.29, 1.82) is 0 Å². The molecule has 0 spiro atoms. The molecule has 0 bridgehead atoms. The summed E-state index contributed by atoms with van der Waals surface area (Å²) in [6, 6.07) is 0.689. The lowest BCUT2D eigenvalue weighted by molar-refractivity contribution is 0.0347. The van der Waals surface area contributed by atoms with E-state index in [0.717, 1.165) is 19.1 Å². The summed E-state index contributed by atoms with van der Waals surface area (Å²) in [6.45, 7) is 1.66. The molecule has 18 heavy (non-hydrogen) atoms. The van der Waals surface area contributed by atoms with Gasteiger partial charge in [-0.15, -0.1) is 0 Å². The maximum Gasteiger partial charge on any atom is 0.203 e. The fraction of sp³-hybridized carbons (Fsp3) is 0.786. The molecule has 3 rings (SSSR count). The SMILES string of the molecule is c1cn(C2CC2)c(NCCOC2CCCCC2)n1. The molecule has 4 nitrogen and oxygen atoms in total. The van der Waals surface area contributed by atoms with E-state index in [-0.39, 0.29) is 0 Å². The Balaban J connectivity index is 1.37. The number of rotatable bonds is 6. The highest BCUT2D eigenvalue weighted by Crippen LogP contribution is 2.36. The summed E-state index contributed by atoms with van der Waals surface area (Å²) in [7, 11) is 0. The molecule has 2 aliphatic carbocycles. The standard InChI is InChI=1S/C14H23N3O/c1-2-4-13(5-3-1)18-11-9-16-14-15-8-10-17(14)12-6-7-12/h8,10,12-13H,1-7,9,11H2,(H,15,16). The van der Waals surface area contributed by atoms with Crippen LogP contribution in [0.4, 0.5) is 5.95 Å². The van der Waals surface area contributed by atoms with Crippen LogP contribution in [-0.2, 0) is 4.74 Å². The zero-order valence-corrected chi connectivity index (χ0v) is 11.0. The van der Waals surface area contributed by atoms with Crippen molar-refractivity contribution in [3.05, 3.63) is 12.4 Å². The first-order valence-electron chi connectivity index (χ1n) is 7.32. The first kappa shape index (κ1) is 12.0. The van der Waals surface area contributed by atoms with Gasteiger partial charge in [-0.25, -0.2) is 4.98 Å². The molecule has 1 aromatic heterocycles. The number of nitrogens with one attached hydrogen (secondary N) is 1. The van der Waals surface area contributed by atoms with Crippen LogP contribution in [0.2, 0.25) is 0 Å². The minimum Gasteiger partial charge on any atom is -0.376 e. The van der Waals surface area contributed by atoms with Crippen molar-refractivity contribution in [3.63, 3.8) is 0 Å². The molecule has 0 atom stereocenters. The highest BCUT2D eigenvalue weighted by atomic mass is 16.5. The van der Waals surface area contributed by atoms with Crippen molar-refractivity contribution < 1.29 is 4.74 Å². The quantitative estimate of drug-likeness (QED) is 0.788. The first-order chi connectivity index (χ1) is 8.93. The van der Waals surface area contributed by atoms with Crippen LogP contribution >= 0.6 is 0 Å². The highest BCUT2D eigenvalue weighted by molar-refractivity contribution is 5.27. The van der Waals surface area contributed by atoms with E-state index in [0.29, 0.717) is 12.1 Å². The molecule has 0 aliphatic heterocycles. The molecular formula is C14H23N3O. The molecule has 2 aliphatic rings. The fourth-order valence-electron chi connectivity index (χ4n) is 2.72. The molecule has 0 unspecified atom stereocenters. The Kier molecular flexibility index (Phi) is 3.84. The number of hydrogen-bond acceptors (Lipinski definition) is 3. The van der Waals surface area contributed by atoms with Crippen LogP contribution in [0.3, 0.4) is 0 Å². The molecule has 100 valence electrons. The van der Waals surface area contributed by atoms with E-state index < -0.39 is 0 Å². The predicted molar refractivity (Wildman–Crippen MR) is 71.8 cm³/mol. The Bertz CT molecular complexity index is 367. The monoisotopic (exact) mass is 249 g/mol. The van der Waals surface area contributed by atoms with E-state index in [9.17, 15) is 0 Å².